The molecule has 1 unspecified atom stereocenters. The maximum atomic E-state index is 12.2. The molecule has 0 radical (unpaired) electrons. The molecule has 19 heavy (non-hydrogen) atoms. The van der Waals surface area contributed by atoms with Crippen LogP contribution in [0.5, 0.6) is 0 Å². The number of hydrogen-bond acceptors (Lipinski definition) is 4. The van der Waals surface area contributed by atoms with Gasteiger partial charge in [-0.05, 0) is 31.0 Å². The number of carbonyl (C=O) groups excluding carboxylic acids is 1. The van der Waals surface area contributed by atoms with Crippen LogP contribution in [-0.4, -0.2) is 10.9 Å². The Kier molecular flexibility index (Phi) is 2.95. The third kappa shape index (κ3) is 2.19. The second-order valence-corrected chi connectivity index (χ2v) is 4.66. The molecular formula is C14H15N3O2. The molecule has 0 saturated heterocycles. The van der Waals surface area contributed by atoms with E-state index in [1.807, 2.05) is 6.07 Å². The lowest BCUT2D eigenvalue weighted by molar-refractivity contribution is 0.0928. The van der Waals surface area contributed by atoms with Crippen molar-refractivity contribution in [3.05, 3.63) is 47.7 Å². The summed E-state index contributed by atoms with van der Waals surface area (Å²) < 4.78 is 5.41. The fourth-order valence-corrected chi connectivity index (χ4v) is 2.47. The highest BCUT2D eigenvalue weighted by Gasteiger charge is 2.25. The number of fused-ring (bicyclic) bond motifs is 1. The van der Waals surface area contributed by atoms with Gasteiger partial charge in [0.2, 0.25) is 0 Å². The van der Waals surface area contributed by atoms with Gasteiger partial charge in [0.05, 0.1) is 18.0 Å². The molecule has 0 aromatic carbocycles. The van der Waals surface area contributed by atoms with Crippen LogP contribution in [0.2, 0.25) is 0 Å². The topological polar surface area (TPSA) is 81.1 Å². The van der Waals surface area contributed by atoms with E-state index < -0.39 is 0 Å². The van der Waals surface area contributed by atoms with Crippen LogP contribution in [0.25, 0.3) is 0 Å². The molecule has 0 saturated carbocycles. The number of aromatic nitrogens is 1. The van der Waals surface area contributed by atoms with Crippen LogP contribution < -0.4 is 11.1 Å². The molecule has 1 aliphatic rings. The molecule has 2 heterocycles. The molecule has 0 spiro atoms. The number of pyridine rings is 1. The molecule has 3 N–H and O–H groups in total. The van der Waals surface area contributed by atoms with Gasteiger partial charge in [0.1, 0.15) is 5.76 Å². The Morgan fingerprint density at radius 2 is 2.37 bits per heavy atom. The first-order valence-electron chi connectivity index (χ1n) is 6.33. The number of nitrogen functional groups attached to an aromatic ring is 1. The Labute approximate surface area is 110 Å². The van der Waals surface area contributed by atoms with Crippen LogP contribution in [0.4, 0.5) is 5.69 Å². The molecule has 1 aliphatic carbocycles. The number of carbonyl (C=O) groups is 1. The van der Waals surface area contributed by atoms with E-state index in [9.17, 15) is 4.79 Å². The van der Waals surface area contributed by atoms with E-state index in [0.29, 0.717) is 5.69 Å². The zero-order valence-electron chi connectivity index (χ0n) is 10.4. The number of nitrogens with two attached hydrogens (primary N) is 1. The lowest BCUT2D eigenvalue weighted by Gasteiger charge is -2.22. The highest BCUT2D eigenvalue weighted by atomic mass is 16.3. The van der Waals surface area contributed by atoms with Gasteiger partial charge in [-0.2, -0.15) is 0 Å². The molecule has 98 valence electrons. The van der Waals surface area contributed by atoms with E-state index >= 15 is 0 Å². The van der Waals surface area contributed by atoms with Crippen molar-refractivity contribution in [1.29, 1.82) is 0 Å². The molecule has 5 heteroatoms. The van der Waals surface area contributed by atoms with Crippen molar-refractivity contribution in [3.8, 4) is 0 Å². The van der Waals surface area contributed by atoms with Gasteiger partial charge in [-0.3, -0.25) is 4.79 Å². The van der Waals surface area contributed by atoms with Gasteiger partial charge in [-0.15, -0.1) is 0 Å². The molecule has 5 nitrogen and oxygen atoms in total. The van der Waals surface area contributed by atoms with Crippen molar-refractivity contribution < 1.29 is 9.21 Å². The normalized spacial score (nSPS) is 17.8. The maximum Gasteiger partial charge on any atom is 0.272 e. The second-order valence-electron chi connectivity index (χ2n) is 4.66. The average Bonchev–Trinajstić information content (AvgIpc) is 2.88. The number of nitrogens with one attached hydrogen (secondary N) is 1. The summed E-state index contributed by atoms with van der Waals surface area (Å²) in [5.41, 5.74) is 7.49. The number of aryl methyl sites for hydroxylation is 1. The van der Waals surface area contributed by atoms with Crippen LogP contribution in [0, 0.1) is 0 Å². The van der Waals surface area contributed by atoms with E-state index in [1.165, 1.54) is 0 Å². The predicted molar refractivity (Wildman–Crippen MR) is 70.5 cm³/mol. The van der Waals surface area contributed by atoms with E-state index in [1.54, 1.807) is 24.6 Å². The molecule has 0 bridgehead atoms. The second kappa shape index (κ2) is 4.76. The third-order valence-corrected chi connectivity index (χ3v) is 3.41. The lowest BCUT2D eigenvalue weighted by atomic mass is 9.93. The average molecular weight is 257 g/mol. The van der Waals surface area contributed by atoms with Crippen LogP contribution in [0.3, 0.4) is 0 Å². The largest absolute Gasteiger partial charge is 0.469 e. The molecule has 2 aromatic heterocycles. The molecule has 0 aliphatic heterocycles. The minimum absolute atomic E-state index is 0.0172. The zero-order chi connectivity index (χ0) is 13.2. The number of nitrogens with zero attached hydrogens (tertiary/aromatic N) is 1. The number of rotatable bonds is 2. The fourth-order valence-electron chi connectivity index (χ4n) is 2.47. The Morgan fingerprint density at radius 3 is 3.21 bits per heavy atom. The Hall–Kier alpha value is -2.30. The van der Waals surface area contributed by atoms with E-state index in [4.69, 9.17) is 10.2 Å². The standard InChI is InChI=1S/C14H15N3O2/c15-10-3-2-7-16-13(10)14(18)17-11-4-1-5-12-9(11)6-8-19-12/h2-3,6-8,11H,1,4-5,15H2,(H,17,18). The molecule has 3 rings (SSSR count). The fraction of sp³-hybridized carbons (Fsp3) is 0.286. The van der Waals surface area contributed by atoms with Crippen molar-refractivity contribution in [1.82, 2.24) is 10.3 Å². The van der Waals surface area contributed by atoms with Crippen LogP contribution >= 0.6 is 0 Å². The molecule has 1 amide bonds. The van der Waals surface area contributed by atoms with Gasteiger partial charge in [-0.25, -0.2) is 4.98 Å². The molecule has 1 atom stereocenters. The summed E-state index contributed by atoms with van der Waals surface area (Å²) in [4.78, 5) is 16.2. The van der Waals surface area contributed by atoms with E-state index in [0.717, 1.165) is 30.6 Å². The number of anilines is 1. The molecule has 0 fully saturated rings. The van der Waals surface area contributed by atoms with E-state index in [-0.39, 0.29) is 17.6 Å². The number of furan rings is 1. The Morgan fingerprint density at radius 1 is 1.47 bits per heavy atom. The quantitative estimate of drug-likeness (QED) is 0.862. The monoisotopic (exact) mass is 257 g/mol. The summed E-state index contributed by atoms with van der Waals surface area (Å²) >= 11 is 0. The van der Waals surface area contributed by atoms with Crippen LogP contribution in [-0.2, 0) is 6.42 Å². The lowest BCUT2D eigenvalue weighted by Crippen LogP contribution is -2.31. The van der Waals surface area contributed by atoms with Crippen molar-refractivity contribution in [2.45, 2.75) is 25.3 Å². The Balaban J connectivity index is 1.80. The number of amides is 1. The molecule has 2 aromatic rings. The first kappa shape index (κ1) is 11.8. The maximum absolute atomic E-state index is 12.2. The minimum atomic E-state index is -0.239. The van der Waals surface area contributed by atoms with Crippen molar-refractivity contribution in [2.24, 2.45) is 0 Å². The Bertz CT molecular complexity index is 606. The number of hydrogen-bond donors (Lipinski definition) is 2. The molecular weight excluding hydrogens is 242 g/mol. The predicted octanol–water partition coefficient (Wildman–Crippen LogP) is 2.06. The van der Waals surface area contributed by atoms with Crippen LogP contribution in [0.1, 0.15) is 40.7 Å². The summed E-state index contributed by atoms with van der Waals surface area (Å²) in [7, 11) is 0. The summed E-state index contributed by atoms with van der Waals surface area (Å²) in [6, 6.07) is 5.28. The smallest absolute Gasteiger partial charge is 0.272 e. The summed E-state index contributed by atoms with van der Waals surface area (Å²) in [6.45, 7) is 0. The van der Waals surface area contributed by atoms with Gasteiger partial charge in [0.15, 0.2) is 5.69 Å². The first-order valence-corrected chi connectivity index (χ1v) is 6.33. The van der Waals surface area contributed by atoms with Crippen molar-refractivity contribution in [3.63, 3.8) is 0 Å². The highest BCUT2D eigenvalue weighted by Crippen LogP contribution is 2.30. The van der Waals surface area contributed by atoms with Crippen molar-refractivity contribution in [2.75, 3.05) is 5.73 Å². The zero-order valence-corrected chi connectivity index (χ0v) is 10.4. The first-order chi connectivity index (χ1) is 9.25. The SMILES string of the molecule is Nc1cccnc1C(=O)NC1CCCc2occc21. The third-order valence-electron chi connectivity index (χ3n) is 3.41. The minimum Gasteiger partial charge on any atom is -0.469 e. The van der Waals surface area contributed by atoms with Gasteiger partial charge < -0.3 is 15.5 Å². The van der Waals surface area contributed by atoms with Gasteiger partial charge in [0, 0.05) is 18.2 Å². The summed E-state index contributed by atoms with van der Waals surface area (Å²) in [6.07, 6.45) is 6.08. The van der Waals surface area contributed by atoms with Crippen molar-refractivity contribution >= 4 is 11.6 Å². The van der Waals surface area contributed by atoms with Gasteiger partial charge >= 0.3 is 0 Å². The van der Waals surface area contributed by atoms with E-state index in [2.05, 4.69) is 10.3 Å². The van der Waals surface area contributed by atoms with Gasteiger partial charge in [-0.1, -0.05) is 0 Å². The highest BCUT2D eigenvalue weighted by molar-refractivity contribution is 5.97. The van der Waals surface area contributed by atoms with Crippen LogP contribution in [0.15, 0.2) is 35.1 Å². The summed E-state index contributed by atoms with van der Waals surface area (Å²) in [5.74, 6) is 0.725. The van der Waals surface area contributed by atoms with Gasteiger partial charge in [0.25, 0.3) is 5.91 Å². The summed E-state index contributed by atoms with van der Waals surface area (Å²) in [5, 5.41) is 2.98.